The molecule has 0 aliphatic carbocycles. The van der Waals surface area contributed by atoms with E-state index in [1.165, 1.54) is 0 Å². The molecule has 0 saturated carbocycles. The van der Waals surface area contributed by atoms with Crippen molar-refractivity contribution in [2.24, 2.45) is 0 Å². The van der Waals surface area contributed by atoms with Crippen LogP contribution >= 0.6 is 0 Å². The summed E-state index contributed by atoms with van der Waals surface area (Å²) in [6, 6.07) is 11.2. The molecule has 2 aromatic rings. The number of fused-ring (bicyclic) bond motifs is 1. The molecule has 6 nitrogen and oxygen atoms in total. The third kappa shape index (κ3) is 3.71. The Kier molecular flexibility index (Phi) is 5.26. The Morgan fingerprint density at radius 2 is 2.14 bits per heavy atom. The zero-order valence-corrected chi connectivity index (χ0v) is 16.9. The number of hydrogen-bond acceptors (Lipinski definition) is 4. The van der Waals surface area contributed by atoms with Crippen molar-refractivity contribution in [2.45, 2.75) is 56.7 Å². The number of carbonyl (C=O) groups is 2. The second kappa shape index (κ2) is 7.85. The maximum absolute atomic E-state index is 13.6. The lowest BCUT2D eigenvalue weighted by Crippen LogP contribution is -2.56. The molecule has 0 radical (unpaired) electrons. The van der Waals surface area contributed by atoms with Gasteiger partial charge in [0.05, 0.1) is 30.3 Å². The number of nitrogens with one attached hydrogen (secondary N) is 1. The lowest BCUT2D eigenvalue weighted by Gasteiger charge is -2.38. The van der Waals surface area contributed by atoms with Crippen LogP contribution in [0.1, 0.15) is 61.0 Å². The number of likely N-dealkylation sites (tertiary alicyclic amines) is 1. The Labute approximate surface area is 171 Å². The van der Waals surface area contributed by atoms with Gasteiger partial charge < -0.3 is 15.0 Å². The van der Waals surface area contributed by atoms with Crippen molar-refractivity contribution in [1.29, 1.82) is 0 Å². The second-order valence-electron chi connectivity index (χ2n) is 8.18. The molecule has 2 aliphatic rings. The van der Waals surface area contributed by atoms with Crippen LogP contribution in [-0.4, -0.2) is 40.4 Å². The molecule has 0 unspecified atom stereocenters. The predicted molar refractivity (Wildman–Crippen MR) is 110 cm³/mol. The number of nitrogens with zero attached hydrogens (tertiary/aromatic N) is 2. The summed E-state index contributed by atoms with van der Waals surface area (Å²) < 4.78 is 5.41. The SMILES string of the molecule is COc1cccc([C@@H]2C[C@]3(C)NC(=O)CCCC[C@@H]3N2C(=O)c2cccnc2)c1. The van der Waals surface area contributed by atoms with Gasteiger partial charge in [-0.2, -0.15) is 0 Å². The maximum atomic E-state index is 13.6. The van der Waals surface area contributed by atoms with E-state index < -0.39 is 5.54 Å². The van der Waals surface area contributed by atoms with Crippen molar-refractivity contribution in [3.63, 3.8) is 0 Å². The minimum atomic E-state index is -0.469. The number of methoxy groups -OCH3 is 1. The van der Waals surface area contributed by atoms with E-state index in [4.69, 9.17) is 4.74 Å². The van der Waals surface area contributed by atoms with Crippen molar-refractivity contribution in [3.05, 3.63) is 59.9 Å². The highest BCUT2D eigenvalue weighted by Gasteiger charge is 2.52. The molecule has 0 bridgehead atoms. The molecule has 6 heteroatoms. The largest absolute Gasteiger partial charge is 0.497 e. The van der Waals surface area contributed by atoms with Crippen molar-refractivity contribution in [2.75, 3.05) is 7.11 Å². The summed E-state index contributed by atoms with van der Waals surface area (Å²) in [6.45, 7) is 2.07. The highest BCUT2D eigenvalue weighted by Crippen LogP contribution is 2.46. The summed E-state index contributed by atoms with van der Waals surface area (Å²) in [7, 11) is 1.64. The molecular weight excluding hydrogens is 366 g/mol. The first-order valence-corrected chi connectivity index (χ1v) is 10.2. The Bertz CT molecular complexity index is 901. The number of ether oxygens (including phenoxy) is 1. The molecule has 152 valence electrons. The number of hydrogen-bond donors (Lipinski definition) is 1. The van der Waals surface area contributed by atoms with Crippen molar-refractivity contribution in [1.82, 2.24) is 15.2 Å². The lowest BCUT2D eigenvalue weighted by atomic mass is 9.85. The monoisotopic (exact) mass is 393 g/mol. The fourth-order valence-corrected chi connectivity index (χ4v) is 4.81. The van der Waals surface area contributed by atoms with E-state index in [1.807, 2.05) is 29.2 Å². The second-order valence-corrected chi connectivity index (χ2v) is 8.18. The van der Waals surface area contributed by atoms with Crippen molar-refractivity contribution in [3.8, 4) is 5.75 Å². The molecule has 2 saturated heterocycles. The molecule has 1 aromatic heterocycles. The van der Waals surface area contributed by atoms with E-state index in [0.717, 1.165) is 30.6 Å². The summed E-state index contributed by atoms with van der Waals surface area (Å²) in [5.74, 6) is 0.779. The Balaban J connectivity index is 1.78. The van der Waals surface area contributed by atoms with Crippen LogP contribution in [0.5, 0.6) is 5.75 Å². The van der Waals surface area contributed by atoms with Gasteiger partial charge in [0.25, 0.3) is 5.91 Å². The van der Waals surface area contributed by atoms with Gasteiger partial charge in [0.1, 0.15) is 5.75 Å². The number of pyridine rings is 1. The van der Waals surface area contributed by atoms with Crippen LogP contribution in [-0.2, 0) is 4.79 Å². The van der Waals surface area contributed by atoms with Crippen LogP contribution < -0.4 is 10.1 Å². The normalized spacial score (nSPS) is 26.8. The van der Waals surface area contributed by atoms with Gasteiger partial charge in [-0.05, 0) is 56.0 Å². The van der Waals surface area contributed by atoms with Gasteiger partial charge in [0.15, 0.2) is 0 Å². The Morgan fingerprint density at radius 3 is 2.90 bits per heavy atom. The average Bonchev–Trinajstić information content (AvgIpc) is 3.01. The zero-order chi connectivity index (χ0) is 20.4. The first-order valence-electron chi connectivity index (χ1n) is 10.2. The molecule has 0 spiro atoms. The Morgan fingerprint density at radius 1 is 1.28 bits per heavy atom. The van der Waals surface area contributed by atoms with E-state index in [2.05, 4.69) is 17.2 Å². The molecule has 1 N–H and O–H groups in total. The summed E-state index contributed by atoms with van der Waals surface area (Å²) in [5.41, 5.74) is 1.12. The summed E-state index contributed by atoms with van der Waals surface area (Å²) in [4.78, 5) is 32.1. The smallest absolute Gasteiger partial charge is 0.256 e. The Hall–Kier alpha value is -2.89. The van der Waals surface area contributed by atoms with Crippen LogP contribution in [0.15, 0.2) is 48.8 Å². The van der Waals surface area contributed by atoms with Crippen LogP contribution in [0.2, 0.25) is 0 Å². The molecule has 2 amide bonds. The van der Waals surface area contributed by atoms with Crippen molar-refractivity contribution < 1.29 is 14.3 Å². The number of carbonyl (C=O) groups excluding carboxylic acids is 2. The van der Waals surface area contributed by atoms with Gasteiger partial charge in [-0.1, -0.05) is 18.6 Å². The third-order valence-corrected chi connectivity index (χ3v) is 6.20. The van der Waals surface area contributed by atoms with Gasteiger partial charge in [0.2, 0.25) is 5.91 Å². The quantitative estimate of drug-likeness (QED) is 0.866. The van der Waals surface area contributed by atoms with Gasteiger partial charge in [-0.25, -0.2) is 0 Å². The molecule has 29 heavy (non-hydrogen) atoms. The number of amides is 2. The number of rotatable bonds is 3. The summed E-state index contributed by atoms with van der Waals surface area (Å²) in [6.07, 6.45) is 7.13. The maximum Gasteiger partial charge on any atom is 0.256 e. The van der Waals surface area contributed by atoms with Crippen LogP contribution in [0.25, 0.3) is 0 Å². The molecule has 1 aromatic carbocycles. The van der Waals surface area contributed by atoms with Crippen LogP contribution in [0.4, 0.5) is 0 Å². The standard InChI is InChI=1S/C23H27N3O3/c1-23-14-19(16-7-5-9-18(13-16)29-2)26(22(28)17-8-6-12-24-15-17)20(23)10-3-4-11-21(27)25-23/h5-9,12-13,15,19-20H,3-4,10-11,14H2,1-2H3,(H,25,27)/t19-,20-,23-/m0/s1. The fraction of sp³-hybridized carbons (Fsp3) is 0.435. The van der Waals surface area contributed by atoms with E-state index >= 15 is 0 Å². The van der Waals surface area contributed by atoms with Crippen LogP contribution in [0, 0.1) is 0 Å². The zero-order valence-electron chi connectivity index (χ0n) is 16.9. The molecular formula is C23H27N3O3. The van der Waals surface area contributed by atoms with Crippen LogP contribution in [0.3, 0.4) is 0 Å². The molecule has 2 aliphatic heterocycles. The van der Waals surface area contributed by atoms with E-state index in [0.29, 0.717) is 18.4 Å². The molecule has 4 rings (SSSR count). The topological polar surface area (TPSA) is 71.5 Å². The third-order valence-electron chi connectivity index (χ3n) is 6.20. The fourth-order valence-electron chi connectivity index (χ4n) is 4.81. The number of aromatic nitrogens is 1. The average molecular weight is 393 g/mol. The van der Waals surface area contributed by atoms with Gasteiger partial charge in [-0.3, -0.25) is 14.6 Å². The molecule has 3 atom stereocenters. The molecule has 3 heterocycles. The minimum Gasteiger partial charge on any atom is -0.497 e. The highest BCUT2D eigenvalue weighted by molar-refractivity contribution is 5.95. The lowest BCUT2D eigenvalue weighted by molar-refractivity contribution is -0.123. The minimum absolute atomic E-state index is 0.0468. The van der Waals surface area contributed by atoms with Gasteiger partial charge in [0, 0.05) is 18.8 Å². The van der Waals surface area contributed by atoms with E-state index in [-0.39, 0.29) is 23.9 Å². The predicted octanol–water partition coefficient (Wildman–Crippen LogP) is 3.49. The first kappa shape index (κ1) is 19.4. The molecule has 2 fully saturated rings. The van der Waals surface area contributed by atoms with Gasteiger partial charge in [-0.15, -0.1) is 0 Å². The number of benzene rings is 1. The summed E-state index contributed by atoms with van der Waals surface area (Å²) >= 11 is 0. The first-order chi connectivity index (χ1) is 14.0. The summed E-state index contributed by atoms with van der Waals surface area (Å²) in [5, 5.41) is 3.24. The van der Waals surface area contributed by atoms with Crippen molar-refractivity contribution >= 4 is 11.8 Å². The van der Waals surface area contributed by atoms with E-state index in [1.54, 1.807) is 31.6 Å². The van der Waals surface area contributed by atoms with Gasteiger partial charge >= 0.3 is 0 Å². The highest BCUT2D eigenvalue weighted by atomic mass is 16.5. The van der Waals surface area contributed by atoms with E-state index in [9.17, 15) is 9.59 Å².